The molecule has 0 atom stereocenters. The van der Waals surface area contributed by atoms with Crippen LogP contribution in [-0.4, -0.2) is 12.1 Å². The summed E-state index contributed by atoms with van der Waals surface area (Å²) in [5.74, 6) is 0. The van der Waals surface area contributed by atoms with Crippen molar-refractivity contribution in [3.8, 4) is 0 Å². The van der Waals surface area contributed by atoms with Crippen molar-refractivity contribution in [2.45, 2.75) is 57.0 Å². The fourth-order valence-electron chi connectivity index (χ4n) is 3.13. The summed E-state index contributed by atoms with van der Waals surface area (Å²) in [4.78, 5) is 2.63. The van der Waals surface area contributed by atoms with Gasteiger partial charge in [-0.3, -0.25) is 0 Å². The Balaban J connectivity index is 1.86. The molecular weight excluding hydrogens is 208 g/mol. The van der Waals surface area contributed by atoms with Crippen molar-refractivity contribution in [3.05, 3.63) is 24.3 Å². The molecule has 0 amide bonds. The predicted molar refractivity (Wildman–Crippen MR) is 73.2 cm³/mol. The molecule has 0 heterocycles. The molecule has 17 heavy (non-hydrogen) atoms. The lowest BCUT2D eigenvalue weighted by molar-refractivity contribution is 0.412. The van der Waals surface area contributed by atoms with Gasteiger partial charge in [-0.1, -0.05) is 31.4 Å². The van der Waals surface area contributed by atoms with Gasteiger partial charge in [0.2, 0.25) is 0 Å². The summed E-state index contributed by atoms with van der Waals surface area (Å²) in [6, 6.07) is 9.88. The monoisotopic (exact) mass is 230 g/mol. The molecule has 0 spiro atoms. The lowest BCUT2D eigenvalue weighted by atomic mass is 9.93. The van der Waals surface area contributed by atoms with E-state index in [9.17, 15) is 0 Å². The van der Waals surface area contributed by atoms with Crippen LogP contribution in [0.5, 0.6) is 0 Å². The van der Waals surface area contributed by atoms with Crippen LogP contribution in [0.2, 0.25) is 0 Å². The van der Waals surface area contributed by atoms with Crippen molar-refractivity contribution in [2.24, 2.45) is 0 Å². The van der Waals surface area contributed by atoms with Gasteiger partial charge >= 0.3 is 0 Å². The highest BCUT2D eigenvalue weighted by atomic mass is 15.2. The van der Waals surface area contributed by atoms with Gasteiger partial charge in [0.15, 0.2) is 0 Å². The topological polar surface area (TPSA) is 29.3 Å². The second kappa shape index (κ2) is 4.59. The lowest BCUT2D eigenvalue weighted by Crippen LogP contribution is -2.39. The van der Waals surface area contributed by atoms with Gasteiger partial charge in [0, 0.05) is 12.1 Å². The first kappa shape index (κ1) is 10.9. The van der Waals surface area contributed by atoms with Gasteiger partial charge in [-0.05, 0) is 37.8 Å². The Morgan fingerprint density at radius 1 is 0.882 bits per heavy atom. The molecule has 0 saturated heterocycles. The average Bonchev–Trinajstić information content (AvgIpc) is 3.18. The predicted octanol–water partition coefficient (Wildman–Crippen LogP) is 3.57. The highest BCUT2D eigenvalue weighted by Crippen LogP contribution is 2.39. The van der Waals surface area contributed by atoms with Crippen LogP contribution >= 0.6 is 0 Å². The van der Waals surface area contributed by atoms with Crippen LogP contribution in [0, 0.1) is 0 Å². The zero-order chi connectivity index (χ0) is 11.7. The van der Waals surface area contributed by atoms with Crippen molar-refractivity contribution >= 4 is 11.4 Å². The fraction of sp³-hybridized carbons (Fsp3) is 0.600. The van der Waals surface area contributed by atoms with Gasteiger partial charge in [0.05, 0.1) is 11.4 Å². The van der Waals surface area contributed by atoms with Crippen molar-refractivity contribution in [2.75, 3.05) is 10.6 Å². The molecule has 2 aliphatic rings. The molecule has 2 heteroatoms. The maximum Gasteiger partial charge on any atom is 0.0604 e. The second-order valence-corrected chi connectivity index (χ2v) is 5.49. The normalized spacial score (nSPS) is 21.4. The molecule has 2 N–H and O–H groups in total. The van der Waals surface area contributed by atoms with Crippen molar-refractivity contribution < 1.29 is 0 Å². The van der Waals surface area contributed by atoms with E-state index in [0.717, 1.165) is 17.8 Å². The van der Waals surface area contributed by atoms with Gasteiger partial charge in [0.25, 0.3) is 0 Å². The smallest absolute Gasteiger partial charge is 0.0604 e. The number of hydrogen-bond donors (Lipinski definition) is 1. The number of anilines is 2. The number of nitrogen functional groups attached to an aromatic ring is 1. The third-order valence-electron chi connectivity index (χ3n) is 4.12. The van der Waals surface area contributed by atoms with E-state index >= 15 is 0 Å². The molecule has 3 rings (SSSR count). The molecule has 2 aliphatic carbocycles. The van der Waals surface area contributed by atoms with Gasteiger partial charge < -0.3 is 10.6 Å². The average molecular weight is 230 g/mol. The van der Waals surface area contributed by atoms with Crippen LogP contribution in [-0.2, 0) is 0 Å². The summed E-state index contributed by atoms with van der Waals surface area (Å²) in [5.41, 5.74) is 8.38. The Morgan fingerprint density at radius 3 is 2.18 bits per heavy atom. The summed E-state index contributed by atoms with van der Waals surface area (Å²) in [5, 5.41) is 0. The maximum atomic E-state index is 6.15. The number of nitrogens with two attached hydrogens (primary N) is 1. The van der Waals surface area contributed by atoms with Crippen LogP contribution in [0.3, 0.4) is 0 Å². The van der Waals surface area contributed by atoms with E-state index in [2.05, 4.69) is 17.0 Å². The summed E-state index contributed by atoms with van der Waals surface area (Å²) in [7, 11) is 0. The van der Waals surface area contributed by atoms with E-state index < -0.39 is 0 Å². The Hall–Kier alpha value is -1.18. The van der Waals surface area contributed by atoms with Crippen molar-refractivity contribution in [1.29, 1.82) is 0 Å². The zero-order valence-corrected chi connectivity index (χ0v) is 10.4. The minimum Gasteiger partial charge on any atom is -0.397 e. The molecule has 2 saturated carbocycles. The highest BCUT2D eigenvalue weighted by molar-refractivity contribution is 5.68. The van der Waals surface area contributed by atoms with Gasteiger partial charge in [-0.2, -0.15) is 0 Å². The number of benzene rings is 1. The molecular formula is C15H22N2. The van der Waals surface area contributed by atoms with Crippen LogP contribution in [0.4, 0.5) is 11.4 Å². The SMILES string of the molecule is Nc1ccccc1N(C1CCCCC1)C1CC1. The number of hydrogen-bond acceptors (Lipinski definition) is 2. The molecule has 2 nitrogen and oxygen atoms in total. The van der Waals surface area contributed by atoms with Crippen LogP contribution in [0.1, 0.15) is 44.9 Å². The van der Waals surface area contributed by atoms with Gasteiger partial charge in [-0.25, -0.2) is 0 Å². The summed E-state index contributed by atoms with van der Waals surface area (Å²) in [6.45, 7) is 0. The van der Waals surface area contributed by atoms with Crippen LogP contribution < -0.4 is 10.6 Å². The molecule has 0 bridgehead atoms. The highest BCUT2D eigenvalue weighted by Gasteiger charge is 2.35. The van der Waals surface area contributed by atoms with E-state index in [1.54, 1.807) is 0 Å². The Kier molecular flexibility index (Phi) is 2.96. The first-order chi connectivity index (χ1) is 8.36. The minimum absolute atomic E-state index is 0.737. The standard InChI is InChI=1S/C15H22N2/c16-14-8-4-5-9-15(14)17(13-10-11-13)12-6-2-1-3-7-12/h4-5,8-9,12-13H,1-3,6-7,10-11,16H2. The Labute approximate surface area is 104 Å². The van der Waals surface area contributed by atoms with E-state index in [1.807, 2.05) is 12.1 Å². The number of para-hydroxylation sites is 2. The lowest BCUT2D eigenvalue weighted by Gasteiger charge is -2.37. The summed E-state index contributed by atoms with van der Waals surface area (Å²) in [6.07, 6.45) is 9.60. The molecule has 0 radical (unpaired) electrons. The zero-order valence-electron chi connectivity index (χ0n) is 10.4. The second-order valence-electron chi connectivity index (χ2n) is 5.49. The maximum absolute atomic E-state index is 6.15. The van der Waals surface area contributed by atoms with Crippen LogP contribution in [0.15, 0.2) is 24.3 Å². The largest absolute Gasteiger partial charge is 0.397 e. The molecule has 0 unspecified atom stereocenters. The minimum atomic E-state index is 0.737. The van der Waals surface area contributed by atoms with Crippen molar-refractivity contribution in [3.63, 3.8) is 0 Å². The van der Waals surface area contributed by atoms with Crippen molar-refractivity contribution in [1.82, 2.24) is 0 Å². The third kappa shape index (κ3) is 2.26. The van der Waals surface area contributed by atoms with Gasteiger partial charge in [-0.15, -0.1) is 0 Å². The molecule has 92 valence electrons. The van der Waals surface area contributed by atoms with Gasteiger partial charge in [0.1, 0.15) is 0 Å². The molecule has 1 aromatic carbocycles. The van der Waals surface area contributed by atoms with E-state index in [0.29, 0.717) is 0 Å². The first-order valence-electron chi connectivity index (χ1n) is 6.99. The third-order valence-corrected chi connectivity index (χ3v) is 4.12. The molecule has 0 aliphatic heterocycles. The molecule has 1 aromatic rings. The molecule has 2 fully saturated rings. The van der Waals surface area contributed by atoms with E-state index in [1.165, 1.54) is 50.6 Å². The van der Waals surface area contributed by atoms with Crippen LogP contribution in [0.25, 0.3) is 0 Å². The Bertz CT molecular complexity index is 378. The quantitative estimate of drug-likeness (QED) is 0.804. The van der Waals surface area contributed by atoms with E-state index in [-0.39, 0.29) is 0 Å². The fourth-order valence-corrected chi connectivity index (χ4v) is 3.13. The number of rotatable bonds is 3. The molecule has 0 aromatic heterocycles. The summed E-state index contributed by atoms with van der Waals surface area (Å²) >= 11 is 0. The van der Waals surface area contributed by atoms with E-state index in [4.69, 9.17) is 5.73 Å². The Morgan fingerprint density at radius 2 is 1.53 bits per heavy atom. The summed E-state index contributed by atoms with van der Waals surface area (Å²) < 4.78 is 0. The first-order valence-corrected chi connectivity index (χ1v) is 6.99. The number of nitrogens with zero attached hydrogens (tertiary/aromatic N) is 1.